The summed E-state index contributed by atoms with van der Waals surface area (Å²) in [5.74, 6) is 0. The molecule has 4 rings (SSSR count). The van der Waals surface area contributed by atoms with Gasteiger partial charge in [0, 0.05) is 28.4 Å². The van der Waals surface area contributed by atoms with E-state index < -0.39 is 4.92 Å². The molecule has 1 aliphatic carbocycles. The summed E-state index contributed by atoms with van der Waals surface area (Å²) in [7, 11) is 0. The lowest BCUT2D eigenvalue weighted by molar-refractivity contribution is -0.384. The van der Waals surface area contributed by atoms with Gasteiger partial charge < -0.3 is 4.57 Å². The van der Waals surface area contributed by atoms with Crippen molar-refractivity contribution in [3.8, 4) is 17.1 Å². The number of fused-ring (bicyclic) bond motifs is 1. The summed E-state index contributed by atoms with van der Waals surface area (Å²) in [6.07, 6.45) is 6.00. The van der Waals surface area contributed by atoms with Crippen LogP contribution in [0.5, 0.6) is 0 Å². The molecule has 2 heterocycles. The maximum absolute atomic E-state index is 11.1. The molecule has 0 bridgehead atoms. The second-order valence-electron chi connectivity index (χ2n) is 7.64. The van der Waals surface area contributed by atoms with Gasteiger partial charge in [0.2, 0.25) is 0 Å². The summed E-state index contributed by atoms with van der Waals surface area (Å²) in [5.41, 5.74) is 5.54. The Hall–Kier alpha value is -3.68. The molecule has 0 saturated heterocycles. The number of rotatable bonds is 4. The van der Waals surface area contributed by atoms with Gasteiger partial charge in [-0.25, -0.2) is 0 Å². The molecule has 7 heteroatoms. The largest absolute Gasteiger partial charge is 0.308 e. The topological polar surface area (TPSA) is 95.6 Å². The molecule has 154 valence electrons. The fourth-order valence-electron chi connectivity index (χ4n) is 4.19. The summed E-state index contributed by atoms with van der Waals surface area (Å²) >= 11 is 1.69. The molecule has 0 radical (unpaired) electrons. The number of nitro benzene ring substituents is 1. The molecule has 0 spiro atoms. The lowest BCUT2D eigenvalue weighted by Gasteiger charge is -2.10. The van der Waals surface area contributed by atoms with Gasteiger partial charge in [-0.3, -0.25) is 10.1 Å². The number of aromatic nitrogens is 1. The van der Waals surface area contributed by atoms with Gasteiger partial charge in [-0.1, -0.05) is 12.1 Å². The standard InChI is InChI=1S/C24H20N4O2S/c1-15-10-18(11-19(13-25)17-6-5-7-20(12-17)28(29)30)16(2)27(15)24-22(14-26)21-8-3-4-9-23(21)31-24/h5-7,10-12H,3-4,8-9H2,1-2H3/b19-11-. The molecule has 0 aliphatic heterocycles. The minimum absolute atomic E-state index is 0.0491. The van der Waals surface area contributed by atoms with Crippen LogP contribution in [0.3, 0.4) is 0 Å². The van der Waals surface area contributed by atoms with Gasteiger partial charge >= 0.3 is 0 Å². The highest BCUT2D eigenvalue weighted by molar-refractivity contribution is 7.15. The maximum Gasteiger partial charge on any atom is 0.270 e. The Kier molecular flexibility index (Phi) is 5.46. The number of benzene rings is 1. The Labute approximate surface area is 184 Å². The summed E-state index contributed by atoms with van der Waals surface area (Å²) < 4.78 is 2.09. The van der Waals surface area contributed by atoms with Crippen molar-refractivity contribution >= 4 is 28.7 Å². The molecule has 6 nitrogen and oxygen atoms in total. The number of hydrogen-bond donors (Lipinski definition) is 0. The second-order valence-corrected chi connectivity index (χ2v) is 8.73. The zero-order valence-corrected chi connectivity index (χ0v) is 18.1. The minimum atomic E-state index is -0.466. The van der Waals surface area contributed by atoms with Gasteiger partial charge in [0.1, 0.15) is 11.1 Å². The van der Waals surface area contributed by atoms with E-state index in [-0.39, 0.29) is 5.69 Å². The van der Waals surface area contributed by atoms with Crippen LogP contribution in [0, 0.1) is 46.6 Å². The van der Waals surface area contributed by atoms with E-state index in [0.717, 1.165) is 53.2 Å². The van der Waals surface area contributed by atoms with Gasteiger partial charge in [0.25, 0.3) is 5.69 Å². The molecule has 0 fully saturated rings. The first-order chi connectivity index (χ1) is 14.9. The van der Waals surface area contributed by atoms with Crippen molar-refractivity contribution < 1.29 is 4.92 Å². The average molecular weight is 429 g/mol. The van der Waals surface area contributed by atoms with Crippen LogP contribution in [-0.2, 0) is 12.8 Å². The van der Waals surface area contributed by atoms with Gasteiger partial charge in [-0.15, -0.1) is 11.3 Å². The first-order valence-corrected chi connectivity index (χ1v) is 10.9. The van der Waals surface area contributed by atoms with Crippen LogP contribution in [0.4, 0.5) is 5.69 Å². The zero-order valence-electron chi connectivity index (χ0n) is 17.3. The molecule has 1 aromatic carbocycles. The van der Waals surface area contributed by atoms with Crippen LogP contribution in [-0.4, -0.2) is 9.49 Å². The molecule has 0 N–H and O–H groups in total. The van der Waals surface area contributed by atoms with Crippen LogP contribution < -0.4 is 0 Å². The van der Waals surface area contributed by atoms with E-state index in [1.54, 1.807) is 29.5 Å². The molecule has 2 aromatic heterocycles. The number of nitrogens with zero attached hydrogens (tertiary/aromatic N) is 4. The SMILES string of the molecule is Cc1cc(/C=C(/C#N)c2cccc([N+](=O)[O-])c2)c(C)n1-c1sc2c(c1C#N)CCCC2. The minimum Gasteiger partial charge on any atom is -0.308 e. The zero-order chi connectivity index (χ0) is 22.1. The number of hydrogen-bond acceptors (Lipinski definition) is 5. The normalized spacial score (nSPS) is 13.4. The van der Waals surface area contributed by atoms with E-state index in [2.05, 4.69) is 16.7 Å². The lowest BCUT2D eigenvalue weighted by atomic mass is 9.96. The number of thiophene rings is 1. The van der Waals surface area contributed by atoms with Crippen LogP contribution in [0.2, 0.25) is 0 Å². The summed E-state index contributed by atoms with van der Waals surface area (Å²) in [5, 5.41) is 31.6. The second kappa shape index (κ2) is 8.22. The van der Waals surface area contributed by atoms with Crippen molar-refractivity contribution in [2.24, 2.45) is 0 Å². The smallest absolute Gasteiger partial charge is 0.270 e. The first-order valence-electron chi connectivity index (χ1n) is 10.0. The van der Waals surface area contributed by atoms with Crippen molar-refractivity contribution in [1.29, 1.82) is 10.5 Å². The monoisotopic (exact) mass is 428 g/mol. The van der Waals surface area contributed by atoms with Crippen LogP contribution >= 0.6 is 11.3 Å². The molecule has 0 atom stereocenters. The molecular weight excluding hydrogens is 408 g/mol. The van der Waals surface area contributed by atoms with Gasteiger partial charge in [-0.05, 0) is 68.4 Å². The van der Waals surface area contributed by atoms with E-state index in [1.807, 2.05) is 19.9 Å². The number of allylic oxidation sites excluding steroid dienone is 1. The summed E-state index contributed by atoms with van der Waals surface area (Å²) in [4.78, 5) is 11.9. The summed E-state index contributed by atoms with van der Waals surface area (Å²) in [6.45, 7) is 3.96. The quantitative estimate of drug-likeness (QED) is 0.294. The fraction of sp³-hybridized carbons (Fsp3) is 0.250. The maximum atomic E-state index is 11.1. The highest BCUT2D eigenvalue weighted by Crippen LogP contribution is 2.38. The molecule has 0 saturated carbocycles. The highest BCUT2D eigenvalue weighted by atomic mass is 32.1. The Balaban J connectivity index is 1.82. The van der Waals surface area contributed by atoms with Crippen LogP contribution in [0.25, 0.3) is 16.7 Å². The van der Waals surface area contributed by atoms with E-state index in [4.69, 9.17) is 0 Å². The molecule has 1 aliphatic rings. The van der Waals surface area contributed by atoms with E-state index in [1.165, 1.54) is 22.6 Å². The molecular formula is C24H20N4O2S. The van der Waals surface area contributed by atoms with Crippen molar-refractivity contribution in [3.05, 3.63) is 79.0 Å². The third-order valence-electron chi connectivity index (χ3n) is 5.73. The Bertz CT molecular complexity index is 1310. The predicted octanol–water partition coefficient (Wildman–Crippen LogP) is 5.88. The number of aryl methyl sites for hydroxylation is 2. The van der Waals surface area contributed by atoms with E-state index in [0.29, 0.717) is 11.1 Å². The van der Waals surface area contributed by atoms with Crippen LogP contribution in [0.15, 0.2) is 30.3 Å². The van der Waals surface area contributed by atoms with E-state index >= 15 is 0 Å². The fourth-order valence-corrected chi connectivity index (χ4v) is 5.64. The number of non-ortho nitro benzene ring substituents is 1. The van der Waals surface area contributed by atoms with Gasteiger partial charge in [0.05, 0.1) is 22.1 Å². The van der Waals surface area contributed by atoms with Crippen molar-refractivity contribution in [2.45, 2.75) is 39.5 Å². The first kappa shape index (κ1) is 20.6. The van der Waals surface area contributed by atoms with Crippen molar-refractivity contribution in [3.63, 3.8) is 0 Å². The Morgan fingerprint density at radius 3 is 2.71 bits per heavy atom. The number of nitro groups is 1. The number of nitriles is 2. The van der Waals surface area contributed by atoms with Crippen LogP contribution in [0.1, 0.15) is 51.4 Å². The van der Waals surface area contributed by atoms with Crippen molar-refractivity contribution in [1.82, 2.24) is 4.57 Å². The third kappa shape index (κ3) is 3.65. The van der Waals surface area contributed by atoms with Gasteiger partial charge in [-0.2, -0.15) is 10.5 Å². The molecule has 31 heavy (non-hydrogen) atoms. The molecule has 0 unspecified atom stereocenters. The average Bonchev–Trinajstić information content (AvgIpc) is 3.27. The van der Waals surface area contributed by atoms with Crippen molar-refractivity contribution in [2.75, 3.05) is 0 Å². The Morgan fingerprint density at radius 2 is 2.00 bits per heavy atom. The van der Waals surface area contributed by atoms with Gasteiger partial charge in [0.15, 0.2) is 0 Å². The molecule has 0 amide bonds. The van der Waals surface area contributed by atoms with E-state index in [9.17, 15) is 20.6 Å². The summed E-state index contributed by atoms with van der Waals surface area (Å²) in [6, 6.07) is 12.7. The molecule has 3 aromatic rings. The Morgan fingerprint density at radius 1 is 1.23 bits per heavy atom. The lowest BCUT2D eigenvalue weighted by Crippen LogP contribution is -2.02. The highest BCUT2D eigenvalue weighted by Gasteiger charge is 2.24. The third-order valence-corrected chi connectivity index (χ3v) is 7.00. The predicted molar refractivity (Wildman–Crippen MR) is 121 cm³/mol.